The van der Waals surface area contributed by atoms with E-state index in [1.165, 1.54) is 12.1 Å². The quantitative estimate of drug-likeness (QED) is 0.687. The first kappa shape index (κ1) is 15.0. The van der Waals surface area contributed by atoms with Crippen LogP contribution >= 0.6 is 0 Å². The summed E-state index contributed by atoms with van der Waals surface area (Å²) in [5.74, 6) is 0.243. The Bertz CT molecular complexity index is 825. The Morgan fingerprint density at radius 3 is 2.65 bits per heavy atom. The Balaban J connectivity index is 1.88. The van der Waals surface area contributed by atoms with Crippen molar-refractivity contribution >= 4 is 17.5 Å². The molecule has 0 radical (unpaired) electrons. The number of anilines is 2. The van der Waals surface area contributed by atoms with E-state index in [1.807, 2.05) is 25.1 Å². The zero-order valence-electron chi connectivity index (χ0n) is 12.5. The number of halogens is 1. The smallest absolute Gasteiger partial charge is 0.299 e. The molecular formula is C18H15FN2O2. The summed E-state index contributed by atoms with van der Waals surface area (Å²) in [6, 6.07) is 13.4. The molecule has 4 nitrogen and oxygen atoms in total. The Hall–Kier alpha value is -2.95. The molecular weight excluding hydrogens is 295 g/mol. The fourth-order valence-electron chi connectivity index (χ4n) is 2.24. The monoisotopic (exact) mass is 310 g/mol. The highest BCUT2D eigenvalue weighted by Gasteiger charge is 2.14. The number of rotatable bonds is 5. The van der Waals surface area contributed by atoms with Gasteiger partial charge < -0.3 is 9.73 Å². The Kier molecular flexibility index (Phi) is 4.19. The third-order valence-corrected chi connectivity index (χ3v) is 3.42. The number of hydrogen-bond donors (Lipinski definition) is 1. The van der Waals surface area contributed by atoms with E-state index in [9.17, 15) is 9.18 Å². The lowest BCUT2D eigenvalue weighted by Crippen LogP contribution is -1.98. The zero-order chi connectivity index (χ0) is 16.2. The van der Waals surface area contributed by atoms with Crippen molar-refractivity contribution in [1.29, 1.82) is 0 Å². The van der Waals surface area contributed by atoms with Crippen LogP contribution in [0.4, 0.5) is 16.1 Å². The van der Waals surface area contributed by atoms with Crippen LogP contribution < -0.4 is 5.32 Å². The van der Waals surface area contributed by atoms with Gasteiger partial charge in [0, 0.05) is 23.2 Å². The van der Waals surface area contributed by atoms with Gasteiger partial charge in [0.25, 0.3) is 6.01 Å². The van der Waals surface area contributed by atoms with Crippen LogP contribution in [0.5, 0.6) is 0 Å². The topological polar surface area (TPSA) is 55.1 Å². The summed E-state index contributed by atoms with van der Waals surface area (Å²) in [5, 5.41) is 2.95. The number of oxazole rings is 1. The molecule has 5 heteroatoms. The maximum absolute atomic E-state index is 12.9. The van der Waals surface area contributed by atoms with Crippen LogP contribution in [0.1, 0.15) is 23.7 Å². The largest absolute Gasteiger partial charge is 0.423 e. The van der Waals surface area contributed by atoms with E-state index in [2.05, 4.69) is 10.3 Å². The maximum atomic E-state index is 12.9. The van der Waals surface area contributed by atoms with E-state index in [1.54, 1.807) is 24.4 Å². The van der Waals surface area contributed by atoms with Crippen molar-refractivity contribution in [2.45, 2.75) is 13.3 Å². The van der Waals surface area contributed by atoms with Crippen LogP contribution in [0.2, 0.25) is 0 Å². The third kappa shape index (κ3) is 3.29. The molecule has 3 aromatic rings. The fourth-order valence-corrected chi connectivity index (χ4v) is 2.24. The molecule has 0 bridgehead atoms. The molecule has 2 aromatic carbocycles. The number of nitrogens with zero attached hydrogens (tertiary/aromatic N) is 1. The van der Waals surface area contributed by atoms with Gasteiger partial charge in [-0.25, -0.2) is 9.37 Å². The van der Waals surface area contributed by atoms with Gasteiger partial charge >= 0.3 is 0 Å². The van der Waals surface area contributed by atoms with Crippen molar-refractivity contribution in [3.63, 3.8) is 0 Å². The van der Waals surface area contributed by atoms with Gasteiger partial charge in [0.1, 0.15) is 5.82 Å². The molecule has 1 N–H and O–H groups in total. The van der Waals surface area contributed by atoms with Gasteiger partial charge in [-0.15, -0.1) is 0 Å². The number of Topliss-reactive ketones (excluding diaryl/α,β-unsaturated/α-hetero) is 1. The van der Waals surface area contributed by atoms with Gasteiger partial charge in [-0.3, -0.25) is 4.79 Å². The highest BCUT2D eigenvalue weighted by atomic mass is 19.1. The number of carbonyl (C=O) groups is 1. The summed E-state index contributed by atoms with van der Waals surface area (Å²) in [4.78, 5) is 16.2. The van der Waals surface area contributed by atoms with Crippen molar-refractivity contribution < 1.29 is 13.6 Å². The van der Waals surface area contributed by atoms with Crippen molar-refractivity contribution in [3.05, 3.63) is 66.1 Å². The molecule has 3 rings (SSSR count). The number of ketones is 1. The molecule has 1 aromatic heterocycles. The molecule has 0 amide bonds. The van der Waals surface area contributed by atoms with Crippen LogP contribution in [-0.2, 0) is 0 Å². The minimum absolute atomic E-state index is 0.0463. The molecule has 0 saturated carbocycles. The van der Waals surface area contributed by atoms with Crippen LogP contribution in [0.25, 0.3) is 11.3 Å². The Morgan fingerprint density at radius 2 is 1.91 bits per heavy atom. The second kappa shape index (κ2) is 6.44. The second-order valence-electron chi connectivity index (χ2n) is 4.98. The average molecular weight is 310 g/mol. The number of carbonyl (C=O) groups excluding carboxylic acids is 1. The van der Waals surface area contributed by atoms with Gasteiger partial charge in [-0.1, -0.05) is 31.2 Å². The predicted octanol–water partition coefficient (Wildman–Crippen LogP) is 4.82. The fraction of sp³-hybridized carbons (Fsp3) is 0.111. The minimum Gasteiger partial charge on any atom is -0.423 e. The first-order chi connectivity index (χ1) is 11.2. The van der Waals surface area contributed by atoms with Crippen molar-refractivity contribution in [1.82, 2.24) is 4.98 Å². The third-order valence-electron chi connectivity index (χ3n) is 3.42. The lowest BCUT2D eigenvalue weighted by atomic mass is 10.0. The van der Waals surface area contributed by atoms with E-state index in [-0.39, 0.29) is 17.6 Å². The normalized spacial score (nSPS) is 10.5. The number of hydrogen-bond acceptors (Lipinski definition) is 4. The molecule has 0 spiro atoms. The van der Waals surface area contributed by atoms with Gasteiger partial charge in [0.15, 0.2) is 11.5 Å². The number of benzene rings is 2. The van der Waals surface area contributed by atoms with Gasteiger partial charge in [0.2, 0.25) is 0 Å². The molecule has 0 aliphatic heterocycles. The van der Waals surface area contributed by atoms with Gasteiger partial charge in [-0.2, -0.15) is 0 Å². The maximum Gasteiger partial charge on any atom is 0.299 e. The lowest BCUT2D eigenvalue weighted by Gasteiger charge is -2.04. The van der Waals surface area contributed by atoms with Gasteiger partial charge in [-0.05, 0) is 24.3 Å². The van der Waals surface area contributed by atoms with Crippen LogP contribution in [0.3, 0.4) is 0 Å². The zero-order valence-corrected chi connectivity index (χ0v) is 12.5. The summed E-state index contributed by atoms with van der Waals surface area (Å²) < 4.78 is 18.6. The predicted molar refractivity (Wildman–Crippen MR) is 86.2 cm³/mol. The lowest BCUT2D eigenvalue weighted by molar-refractivity contribution is 0.0988. The van der Waals surface area contributed by atoms with Crippen LogP contribution in [-0.4, -0.2) is 10.8 Å². The molecule has 116 valence electrons. The summed E-state index contributed by atoms with van der Waals surface area (Å²) in [6.07, 6.45) is 1.99. The molecule has 1 heterocycles. The van der Waals surface area contributed by atoms with Crippen LogP contribution in [0, 0.1) is 5.82 Å². The van der Waals surface area contributed by atoms with E-state index in [0.29, 0.717) is 29.0 Å². The van der Waals surface area contributed by atoms with Gasteiger partial charge in [0.05, 0.1) is 6.20 Å². The second-order valence-corrected chi connectivity index (χ2v) is 4.98. The van der Waals surface area contributed by atoms with Crippen molar-refractivity contribution in [3.8, 4) is 11.3 Å². The molecule has 0 aliphatic rings. The molecule has 0 fully saturated rings. The van der Waals surface area contributed by atoms with E-state index in [0.717, 1.165) is 0 Å². The van der Waals surface area contributed by atoms with E-state index < -0.39 is 0 Å². The van der Waals surface area contributed by atoms with Crippen molar-refractivity contribution in [2.24, 2.45) is 0 Å². The highest BCUT2D eigenvalue weighted by Crippen LogP contribution is 2.28. The number of nitrogens with one attached hydrogen (secondary N) is 1. The molecule has 0 aliphatic carbocycles. The average Bonchev–Trinajstić information content (AvgIpc) is 3.04. The molecule has 0 unspecified atom stereocenters. The summed E-state index contributed by atoms with van der Waals surface area (Å²) in [6.45, 7) is 1.82. The molecule has 23 heavy (non-hydrogen) atoms. The molecule has 0 saturated heterocycles. The summed E-state index contributed by atoms with van der Waals surface area (Å²) in [5.41, 5.74) is 1.98. The van der Waals surface area contributed by atoms with Crippen LogP contribution in [0.15, 0.2) is 59.1 Å². The first-order valence-corrected chi connectivity index (χ1v) is 7.28. The highest BCUT2D eigenvalue weighted by molar-refractivity contribution is 6.01. The standard InChI is InChI=1S/C18H15FN2O2/c1-2-16(22)14-5-3-4-6-15(14)17-11-20-18(23-17)21-13-9-7-12(19)8-10-13/h3-11H,2H2,1H3,(H,20,21). The summed E-state index contributed by atoms with van der Waals surface area (Å²) in [7, 11) is 0. The SMILES string of the molecule is CCC(=O)c1ccccc1-c1cnc(Nc2ccc(F)cc2)o1. The minimum atomic E-state index is -0.310. The summed E-state index contributed by atoms with van der Waals surface area (Å²) >= 11 is 0. The van der Waals surface area contributed by atoms with E-state index >= 15 is 0 Å². The Morgan fingerprint density at radius 1 is 1.17 bits per heavy atom. The number of aromatic nitrogens is 1. The van der Waals surface area contributed by atoms with E-state index in [4.69, 9.17) is 4.42 Å². The first-order valence-electron chi connectivity index (χ1n) is 7.28. The Labute approximate surface area is 133 Å². The molecule has 0 atom stereocenters. The van der Waals surface area contributed by atoms with Crippen molar-refractivity contribution in [2.75, 3.05) is 5.32 Å².